The van der Waals surface area contributed by atoms with Crippen LogP contribution in [0.15, 0.2) is 12.2 Å². The highest BCUT2D eigenvalue weighted by atomic mass is 16.1. The van der Waals surface area contributed by atoms with Crippen molar-refractivity contribution in [2.45, 2.75) is 53.4 Å². The van der Waals surface area contributed by atoms with Crippen LogP contribution in [0.25, 0.3) is 0 Å². The van der Waals surface area contributed by atoms with Gasteiger partial charge in [-0.3, -0.25) is 4.79 Å². The zero-order valence-electron chi connectivity index (χ0n) is 10.4. The Morgan fingerprint density at radius 3 is 2.27 bits per heavy atom. The molecule has 0 radical (unpaired) electrons. The molecule has 2 fully saturated rings. The van der Waals surface area contributed by atoms with Crippen LogP contribution in [-0.2, 0) is 4.79 Å². The Balaban J connectivity index is 2.58. The topological polar surface area (TPSA) is 17.1 Å². The molecule has 2 saturated carbocycles. The van der Waals surface area contributed by atoms with Crippen LogP contribution in [0.2, 0.25) is 0 Å². The normalized spacial score (nSPS) is 44.3. The van der Waals surface area contributed by atoms with E-state index >= 15 is 0 Å². The third kappa shape index (κ3) is 1.07. The molecule has 84 valence electrons. The molecule has 0 aliphatic heterocycles. The Labute approximate surface area is 92.9 Å². The highest BCUT2D eigenvalue weighted by Gasteiger charge is 2.62. The molecular weight excluding hydrogens is 184 g/mol. The van der Waals surface area contributed by atoms with Crippen molar-refractivity contribution in [3.05, 3.63) is 12.2 Å². The lowest BCUT2D eigenvalue weighted by Crippen LogP contribution is -2.48. The average Bonchev–Trinajstić information content (AvgIpc) is 2.28. The van der Waals surface area contributed by atoms with Gasteiger partial charge in [-0.2, -0.15) is 0 Å². The lowest BCUT2D eigenvalue weighted by molar-refractivity contribution is -0.115. The van der Waals surface area contributed by atoms with Crippen LogP contribution in [0.4, 0.5) is 0 Å². The number of carbonyl (C=O) groups is 1. The fourth-order valence-electron chi connectivity index (χ4n) is 4.02. The molecule has 0 aromatic rings. The minimum absolute atomic E-state index is 0.00926. The summed E-state index contributed by atoms with van der Waals surface area (Å²) in [5.41, 5.74) is 1.26. The quantitative estimate of drug-likeness (QED) is 0.552. The maximum Gasteiger partial charge on any atom is 0.159 e. The van der Waals surface area contributed by atoms with E-state index in [1.54, 1.807) is 0 Å². The second-order valence-corrected chi connectivity index (χ2v) is 6.50. The van der Waals surface area contributed by atoms with Crippen LogP contribution in [0.3, 0.4) is 0 Å². The van der Waals surface area contributed by atoms with Gasteiger partial charge in [-0.15, -0.1) is 0 Å². The Morgan fingerprint density at radius 1 is 1.13 bits per heavy atom. The van der Waals surface area contributed by atoms with Crippen LogP contribution in [0, 0.1) is 16.2 Å². The van der Waals surface area contributed by atoms with Crippen LogP contribution in [0.1, 0.15) is 53.4 Å². The Morgan fingerprint density at radius 2 is 1.73 bits per heavy atom. The minimum Gasteiger partial charge on any atom is -0.295 e. The van der Waals surface area contributed by atoms with Crippen molar-refractivity contribution in [1.29, 1.82) is 0 Å². The van der Waals surface area contributed by atoms with Gasteiger partial charge in [0.05, 0.1) is 0 Å². The molecular formula is C14H22O. The zero-order chi connectivity index (χ0) is 11.5. The van der Waals surface area contributed by atoms with Crippen molar-refractivity contribution >= 4 is 5.78 Å². The SMILES string of the molecule is C=C1C(=O)C[C@@]2(C)CCCC(C)(C)[C@@]12C. The molecule has 0 aromatic carbocycles. The first kappa shape index (κ1) is 10.9. The Bertz CT molecular complexity index is 339. The van der Waals surface area contributed by atoms with Crippen molar-refractivity contribution in [2.24, 2.45) is 16.2 Å². The van der Waals surface area contributed by atoms with Gasteiger partial charge in [-0.05, 0) is 29.2 Å². The third-order valence-corrected chi connectivity index (χ3v) is 5.58. The number of allylic oxidation sites excluding steroid dienone is 1. The van der Waals surface area contributed by atoms with E-state index in [0.717, 1.165) is 5.57 Å². The molecule has 2 atom stereocenters. The summed E-state index contributed by atoms with van der Waals surface area (Å²) in [6, 6.07) is 0. The standard InChI is InChI=1S/C14H22O/c1-10-11(15)9-13(4)8-6-7-12(2,3)14(10,13)5/h1,6-9H2,2-5H3/t13-,14-/m1/s1. The third-order valence-electron chi connectivity index (χ3n) is 5.58. The largest absolute Gasteiger partial charge is 0.295 e. The molecule has 0 amide bonds. The molecule has 1 nitrogen and oxygen atoms in total. The minimum atomic E-state index is 0.00926. The molecule has 1 heteroatoms. The van der Waals surface area contributed by atoms with Gasteiger partial charge in [0.25, 0.3) is 0 Å². The van der Waals surface area contributed by atoms with E-state index in [4.69, 9.17) is 0 Å². The lowest BCUT2D eigenvalue weighted by atomic mass is 9.48. The van der Waals surface area contributed by atoms with Gasteiger partial charge in [-0.1, -0.05) is 40.7 Å². The maximum atomic E-state index is 11.9. The molecule has 2 aliphatic carbocycles. The number of hydrogen-bond acceptors (Lipinski definition) is 1. The summed E-state index contributed by atoms with van der Waals surface area (Å²) < 4.78 is 0. The van der Waals surface area contributed by atoms with Crippen molar-refractivity contribution in [3.63, 3.8) is 0 Å². The monoisotopic (exact) mass is 206 g/mol. The highest BCUT2D eigenvalue weighted by molar-refractivity contribution is 5.99. The Hall–Kier alpha value is -0.590. The van der Waals surface area contributed by atoms with Crippen LogP contribution < -0.4 is 0 Å². The molecule has 0 saturated heterocycles. The first-order chi connectivity index (χ1) is 6.75. The van der Waals surface area contributed by atoms with Crippen LogP contribution in [0.5, 0.6) is 0 Å². The summed E-state index contributed by atoms with van der Waals surface area (Å²) in [6.45, 7) is 13.2. The van der Waals surface area contributed by atoms with Gasteiger partial charge < -0.3 is 0 Å². The van der Waals surface area contributed by atoms with Gasteiger partial charge >= 0.3 is 0 Å². The van der Waals surface area contributed by atoms with Gasteiger partial charge in [0, 0.05) is 11.8 Å². The summed E-state index contributed by atoms with van der Waals surface area (Å²) in [7, 11) is 0. The maximum absolute atomic E-state index is 11.9. The van der Waals surface area contributed by atoms with Crippen molar-refractivity contribution in [3.8, 4) is 0 Å². The van der Waals surface area contributed by atoms with E-state index in [1.807, 2.05) is 0 Å². The van der Waals surface area contributed by atoms with Crippen LogP contribution in [-0.4, -0.2) is 5.78 Å². The summed E-state index contributed by atoms with van der Waals surface area (Å²) in [5, 5.41) is 0. The first-order valence-corrected chi connectivity index (χ1v) is 5.97. The number of fused-ring (bicyclic) bond motifs is 1. The summed E-state index contributed by atoms with van der Waals surface area (Å²) in [6.07, 6.45) is 4.36. The van der Waals surface area contributed by atoms with Crippen molar-refractivity contribution in [1.82, 2.24) is 0 Å². The molecule has 0 unspecified atom stereocenters. The molecule has 0 heterocycles. The predicted octanol–water partition coefficient (Wildman–Crippen LogP) is 3.74. The summed E-state index contributed by atoms with van der Waals surface area (Å²) in [5.74, 6) is 0.301. The molecule has 0 bridgehead atoms. The van der Waals surface area contributed by atoms with Crippen molar-refractivity contribution in [2.75, 3.05) is 0 Å². The molecule has 2 rings (SSSR count). The van der Waals surface area contributed by atoms with E-state index in [2.05, 4.69) is 34.3 Å². The molecule has 15 heavy (non-hydrogen) atoms. The second kappa shape index (κ2) is 2.75. The molecule has 0 N–H and O–H groups in total. The van der Waals surface area contributed by atoms with Gasteiger partial charge in [0.1, 0.15) is 0 Å². The fourth-order valence-corrected chi connectivity index (χ4v) is 4.02. The zero-order valence-corrected chi connectivity index (χ0v) is 10.4. The molecule has 2 aliphatic rings. The van der Waals surface area contributed by atoms with Crippen LogP contribution >= 0.6 is 0 Å². The first-order valence-electron chi connectivity index (χ1n) is 5.97. The van der Waals surface area contributed by atoms with E-state index in [0.29, 0.717) is 12.2 Å². The summed E-state index contributed by atoms with van der Waals surface area (Å²) in [4.78, 5) is 11.9. The Kier molecular flexibility index (Phi) is 2.00. The van der Waals surface area contributed by atoms with Gasteiger partial charge in [0.15, 0.2) is 5.78 Å². The number of Topliss-reactive ketones (excluding diaryl/α,β-unsaturated/α-hetero) is 1. The smallest absolute Gasteiger partial charge is 0.159 e. The number of carbonyl (C=O) groups excluding carboxylic acids is 1. The molecule has 0 aromatic heterocycles. The average molecular weight is 206 g/mol. The predicted molar refractivity (Wildman–Crippen MR) is 62.6 cm³/mol. The molecule has 0 spiro atoms. The van der Waals surface area contributed by atoms with E-state index in [1.165, 1.54) is 19.3 Å². The number of rotatable bonds is 0. The van der Waals surface area contributed by atoms with E-state index in [-0.39, 0.29) is 16.2 Å². The number of hydrogen-bond donors (Lipinski definition) is 0. The fraction of sp³-hybridized carbons (Fsp3) is 0.786. The van der Waals surface area contributed by atoms with E-state index < -0.39 is 0 Å². The highest BCUT2D eigenvalue weighted by Crippen LogP contribution is 2.68. The second-order valence-electron chi connectivity index (χ2n) is 6.50. The summed E-state index contributed by atoms with van der Waals surface area (Å²) >= 11 is 0. The van der Waals surface area contributed by atoms with Gasteiger partial charge in [-0.25, -0.2) is 0 Å². The van der Waals surface area contributed by atoms with Gasteiger partial charge in [0.2, 0.25) is 0 Å². The van der Waals surface area contributed by atoms with Crippen molar-refractivity contribution < 1.29 is 4.79 Å². The number of ketones is 1. The van der Waals surface area contributed by atoms with E-state index in [9.17, 15) is 4.79 Å². The lowest BCUT2D eigenvalue weighted by Gasteiger charge is -2.55.